The lowest BCUT2D eigenvalue weighted by atomic mass is 10.1. The van der Waals surface area contributed by atoms with E-state index in [4.69, 9.17) is 16.6 Å². The van der Waals surface area contributed by atoms with E-state index in [0.29, 0.717) is 28.7 Å². The van der Waals surface area contributed by atoms with Crippen molar-refractivity contribution in [2.75, 3.05) is 11.5 Å². The number of H-pyrrole nitrogens is 1. The number of hydrogen-bond acceptors (Lipinski definition) is 4. The molecular formula is C23H21ClN4O2S. The number of imidazole rings is 1. The molecule has 0 radical (unpaired) electrons. The standard InChI is InChI=1S/C23H21ClN4O2S/c1-15-19(22(24)28(27-15)18-12-13-31(29,30)14-18)23-25-20(16-8-4-2-5-9-16)21(26-23)17-10-6-3-7-11-17/h2-11,18H,12-14H2,1H3,(H,25,26)/t18-/m0/s1. The van der Waals surface area contributed by atoms with E-state index in [2.05, 4.69) is 10.1 Å². The summed E-state index contributed by atoms with van der Waals surface area (Å²) in [5, 5.41) is 4.99. The average Bonchev–Trinajstić information content (AvgIpc) is 3.44. The third kappa shape index (κ3) is 3.68. The van der Waals surface area contributed by atoms with Crippen LogP contribution in [0.2, 0.25) is 5.15 Å². The topological polar surface area (TPSA) is 80.6 Å². The largest absolute Gasteiger partial charge is 0.337 e. The monoisotopic (exact) mass is 452 g/mol. The number of nitrogens with one attached hydrogen (secondary N) is 1. The van der Waals surface area contributed by atoms with E-state index in [1.165, 1.54) is 0 Å². The van der Waals surface area contributed by atoms with E-state index in [1.807, 2.05) is 67.6 Å². The molecule has 8 heteroatoms. The van der Waals surface area contributed by atoms with Crippen molar-refractivity contribution in [3.63, 3.8) is 0 Å². The van der Waals surface area contributed by atoms with Crippen LogP contribution in [0.4, 0.5) is 0 Å². The van der Waals surface area contributed by atoms with Crippen molar-refractivity contribution in [3.8, 4) is 33.9 Å². The number of aryl methyl sites for hydroxylation is 1. The van der Waals surface area contributed by atoms with E-state index in [-0.39, 0.29) is 17.5 Å². The SMILES string of the molecule is Cc1nn([C@H]2CCS(=O)(=O)C2)c(Cl)c1-c1nc(-c2ccccc2)c(-c2ccccc2)[nH]1. The molecule has 1 saturated heterocycles. The molecule has 31 heavy (non-hydrogen) atoms. The molecule has 1 atom stereocenters. The zero-order chi connectivity index (χ0) is 21.6. The maximum absolute atomic E-state index is 11.9. The summed E-state index contributed by atoms with van der Waals surface area (Å²) in [6.45, 7) is 1.87. The van der Waals surface area contributed by atoms with Crippen LogP contribution in [0, 0.1) is 6.92 Å². The molecule has 0 amide bonds. The summed E-state index contributed by atoms with van der Waals surface area (Å²) >= 11 is 6.74. The zero-order valence-electron chi connectivity index (χ0n) is 16.9. The van der Waals surface area contributed by atoms with E-state index in [9.17, 15) is 8.42 Å². The number of benzene rings is 2. The zero-order valence-corrected chi connectivity index (χ0v) is 18.5. The van der Waals surface area contributed by atoms with Gasteiger partial charge < -0.3 is 4.98 Å². The van der Waals surface area contributed by atoms with Gasteiger partial charge >= 0.3 is 0 Å². The van der Waals surface area contributed by atoms with Crippen LogP contribution in [0.25, 0.3) is 33.9 Å². The normalized spacial score (nSPS) is 17.8. The molecule has 1 aliphatic heterocycles. The lowest BCUT2D eigenvalue weighted by Gasteiger charge is -2.09. The van der Waals surface area contributed by atoms with Crippen molar-refractivity contribution in [2.24, 2.45) is 0 Å². The van der Waals surface area contributed by atoms with Crippen molar-refractivity contribution in [1.82, 2.24) is 19.7 Å². The summed E-state index contributed by atoms with van der Waals surface area (Å²) in [7, 11) is -3.05. The van der Waals surface area contributed by atoms with Crippen LogP contribution in [0.15, 0.2) is 60.7 Å². The molecule has 2 aromatic heterocycles. The Hall–Kier alpha value is -2.90. The molecule has 6 nitrogen and oxygen atoms in total. The highest BCUT2D eigenvalue weighted by atomic mass is 35.5. The molecule has 4 aromatic rings. The number of nitrogens with zero attached hydrogens (tertiary/aromatic N) is 3. The van der Waals surface area contributed by atoms with Gasteiger partial charge in [0.25, 0.3) is 0 Å². The second kappa shape index (κ2) is 7.66. The number of halogens is 1. The van der Waals surface area contributed by atoms with Crippen LogP contribution < -0.4 is 0 Å². The molecule has 0 unspecified atom stereocenters. The molecular weight excluding hydrogens is 432 g/mol. The Morgan fingerprint density at radius 2 is 1.68 bits per heavy atom. The highest BCUT2D eigenvalue weighted by Crippen LogP contribution is 2.38. The molecule has 1 fully saturated rings. The molecule has 0 aliphatic carbocycles. The molecule has 5 rings (SSSR count). The molecule has 0 bridgehead atoms. The average molecular weight is 453 g/mol. The summed E-state index contributed by atoms with van der Waals surface area (Å²) in [4.78, 5) is 8.35. The minimum atomic E-state index is -3.05. The van der Waals surface area contributed by atoms with Gasteiger partial charge in [-0.25, -0.2) is 18.1 Å². The smallest absolute Gasteiger partial charge is 0.152 e. The molecule has 158 valence electrons. The predicted molar refractivity (Wildman–Crippen MR) is 123 cm³/mol. The van der Waals surface area contributed by atoms with Crippen molar-refractivity contribution in [3.05, 3.63) is 71.5 Å². The van der Waals surface area contributed by atoms with Gasteiger partial charge in [-0.2, -0.15) is 5.10 Å². The van der Waals surface area contributed by atoms with Gasteiger partial charge in [0, 0.05) is 11.1 Å². The van der Waals surface area contributed by atoms with Gasteiger partial charge in [-0.1, -0.05) is 72.3 Å². The van der Waals surface area contributed by atoms with Crippen LogP contribution in [-0.2, 0) is 9.84 Å². The van der Waals surface area contributed by atoms with Crippen molar-refractivity contribution < 1.29 is 8.42 Å². The van der Waals surface area contributed by atoms with Crippen molar-refractivity contribution >= 4 is 21.4 Å². The Morgan fingerprint density at radius 1 is 1.03 bits per heavy atom. The van der Waals surface area contributed by atoms with E-state index < -0.39 is 9.84 Å². The van der Waals surface area contributed by atoms with Gasteiger partial charge in [0.2, 0.25) is 0 Å². The number of aromatic amines is 1. The first-order valence-electron chi connectivity index (χ1n) is 10.1. The molecule has 0 saturated carbocycles. The third-order valence-corrected chi connectivity index (χ3v) is 7.74. The van der Waals surface area contributed by atoms with Crippen LogP contribution in [-0.4, -0.2) is 39.7 Å². The molecule has 1 aliphatic rings. The lowest BCUT2D eigenvalue weighted by molar-refractivity contribution is 0.498. The highest BCUT2D eigenvalue weighted by Gasteiger charge is 2.33. The molecule has 0 spiro atoms. The Kier molecular flexibility index (Phi) is 4.95. The quantitative estimate of drug-likeness (QED) is 0.476. The van der Waals surface area contributed by atoms with Crippen LogP contribution >= 0.6 is 11.6 Å². The fraction of sp³-hybridized carbons (Fsp3) is 0.217. The Morgan fingerprint density at radius 3 is 2.29 bits per heavy atom. The predicted octanol–water partition coefficient (Wildman–Crippen LogP) is 4.93. The Labute approximate surface area is 185 Å². The summed E-state index contributed by atoms with van der Waals surface area (Å²) in [6.07, 6.45) is 0.519. The number of hydrogen-bond donors (Lipinski definition) is 1. The lowest BCUT2D eigenvalue weighted by Crippen LogP contribution is -2.12. The van der Waals surface area contributed by atoms with Gasteiger partial charge in [-0.15, -0.1) is 0 Å². The van der Waals surface area contributed by atoms with Gasteiger partial charge in [-0.3, -0.25) is 0 Å². The first-order chi connectivity index (χ1) is 14.9. The Balaban J connectivity index is 1.64. The minimum Gasteiger partial charge on any atom is -0.337 e. The minimum absolute atomic E-state index is 0.0654. The maximum Gasteiger partial charge on any atom is 0.152 e. The van der Waals surface area contributed by atoms with Gasteiger partial charge in [-0.05, 0) is 13.3 Å². The molecule has 2 aromatic carbocycles. The summed E-state index contributed by atoms with van der Waals surface area (Å²) in [5.41, 5.74) is 5.14. The number of sulfone groups is 1. The van der Waals surface area contributed by atoms with Crippen LogP contribution in [0.1, 0.15) is 18.2 Å². The fourth-order valence-electron chi connectivity index (χ4n) is 4.11. The summed E-state index contributed by atoms with van der Waals surface area (Å²) < 4.78 is 25.5. The Bertz CT molecular complexity index is 1290. The first-order valence-corrected chi connectivity index (χ1v) is 12.3. The van der Waals surface area contributed by atoms with Gasteiger partial charge in [0.15, 0.2) is 9.84 Å². The third-order valence-electron chi connectivity index (χ3n) is 5.63. The van der Waals surface area contributed by atoms with Crippen molar-refractivity contribution in [2.45, 2.75) is 19.4 Å². The second-order valence-corrected chi connectivity index (χ2v) is 10.4. The van der Waals surface area contributed by atoms with E-state index >= 15 is 0 Å². The van der Waals surface area contributed by atoms with Gasteiger partial charge in [0.05, 0.1) is 40.2 Å². The first kappa shape index (κ1) is 20.0. The maximum atomic E-state index is 11.9. The summed E-state index contributed by atoms with van der Waals surface area (Å²) in [6, 6.07) is 19.7. The number of aromatic nitrogens is 4. The van der Waals surface area contributed by atoms with Crippen LogP contribution in [0.3, 0.4) is 0 Å². The molecule has 1 N–H and O–H groups in total. The number of rotatable bonds is 4. The second-order valence-electron chi connectivity index (χ2n) is 7.79. The van der Waals surface area contributed by atoms with E-state index in [0.717, 1.165) is 22.5 Å². The van der Waals surface area contributed by atoms with Crippen LogP contribution in [0.5, 0.6) is 0 Å². The summed E-state index contributed by atoms with van der Waals surface area (Å²) in [5.74, 6) is 0.849. The van der Waals surface area contributed by atoms with Gasteiger partial charge in [0.1, 0.15) is 11.0 Å². The van der Waals surface area contributed by atoms with E-state index in [1.54, 1.807) is 4.68 Å². The molecule has 3 heterocycles. The van der Waals surface area contributed by atoms with Crippen molar-refractivity contribution in [1.29, 1.82) is 0 Å². The fourth-order valence-corrected chi connectivity index (χ4v) is 6.20. The highest BCUT2D eigenvalue weighted by molar-refractivity contribution is 7.91.